The van der Waals surface area contributed by atoms with Gasteiger partial charge in [0.15, 0.2) is 0 Å². The van der Waals surface area contributed by atoms with Crippen molar-refractivity contribution >= 4 is 22.6 Å². The summed E-state index contributed by atoms with van der Waals surface area (Å²) in [6.45, 7) is 2.78. The summed E-state index contributed by atoms with van der Waals surface area (Å²) in [5, 5.41) is 22.8. The third kappa shape index (κ3) is 5.26. The standard InChI is InChI=1S/C26H29N3O3/c27-25(28)21-4-3-19-2-1-18(13-22(19)15-21)14-24(26(30)31)20-5-7-23(8-6-20)32-16-17-9-11-29-12-10-17/h1-8,13,15,17,24,29H,9-12,14,16H2,(H3,27,28)(H,30,31). The number of nitrogens with one attached hydrogen (secondary N) is 2. The summed E-state index contributed by atoms with van der Waals surface area (Å²) < 4.78 is 5.93. The van der Waals surface area contributed by atoms with Gasteiger partial charge in [0.25, 0.3) is 0 Å². The van der Waals surface area contributed by atoms with Gasteiger partial charge >= 0.3 is 5.97 Å². The summed E-state index contributed by atoms with van der Waals surface area (Å²) >= 11 is 0. The van der Waals surface area contributed by atoms with E-state index in [1.54, 1.807) is 0 Å². The number of fused-ring (bicyclic) bond motifs is 1. The van der Waals surface area contributed by atoms with Crippen molar-refractivity contribution < 1.29 is 14.6 Å². The number of carbonyl (C=O) groups is 1. The third-order valence-electron chi connectivity index (χ3n) is 6.18. The molecular formula is C26H29N3O3. The van der Waals surface area contributed by atoms with Crippen molar-refractivity contribution in [3.63, 3.8) is 0 Å². The van der Waals surface area contributed by atoms with Gasteiger partial charge in [-0.15, -0.1) is 0 Å². The van der Waals surface area contributed by atoms with Crippen LogP contribution in [-0.4, -0.2) is 36.6 Å². The Morgan fingerprint density at radius 1 is 1.06 bits per heavy atom. The van der Waals surface area contributed by atoms with Crippen LogP contribution in [0.3, 0.4) is 0 Å². The van der Waals surface area contributed by atoms with Gasteiger partial charge in [-0.2, -0.15) is 0 Å². The predicted octanol–water partition coefficient (Wildman–Crippen LogP) is 3.91. The van der Waals surface area contributed by atoms with Crippen LogP contribution in [0, 0.1) is 11.3 Å². The highest BCUT2D eigenvalue weighted by Gasteiger charge is 2.21. The van der Waals surface area contributed by atoms with Crippen LogP contribution in [0.5, 0.6) is 5.75 Å². The number of hydrogen-bond donors (Lipinski definition) is 4. The molecule has 0 spiro atoms. The summed E-state index contributed by atoms with van der Waals surface area (Å²) in [5.74, 6) is -0.144. The normalized spacial score (nSPS) is 15.4. The summed E-state index contributed by atoms with van der Waals surface area (Å²) in [7, 11) is 0. The zero-order chi connectivity index (χ0) is 22.5. The second kappa shape index (κ2) is 9.83. The molecule has 1 unspecified atom stereocenters. The Kier molecular flexibility index (Phi) is 6.71. The first-order valence-corrected chi connectivity index (χ1v) is 11.0. The van der Waals surface area contributed by atoms with E-state index in [4.69, 9.17) is 15.9 Å². The molecule has 1 aliphatic rings. The Morgan fingerprint density at radius 3 is 2.47 bits per heavy atom. The van der Waals surface area contributed by atoms with Crippen LogP contribution in [0.2, 0.25) is 0 Å². The second-order valence-electron chi connectivity index (χ2n) is 8.48. The molecule has 1 saturated heterocycles. The molecule has 1 fully saturated rings. The molecule has 1 atom stereocenters. The minimum atomic E-state index is -0.856. The van der Waals surface area contributed by atoms with Gasteiger partial charge in [-0.25, -0.2) is 0 Å². The van der Waals surface area contributed by atoms with Crippen LogP contribution in [0.1, 0.15) is 35.4 Å². The Morgan fingerprint density at radius 2 is 1.78 bits per heavy atom. The number of amidine groups is 1. The first kappa shape index (κ1) is 21.8. The highest BCUT2D eigenvalue weighted by molar-refractivity contribution is 5.99. The van der Waals surface area contributed by atoms with E-state index >= 15 is 0 Å². The van der Waals surface area contributed by atoms with Crippen molar-refractivity contribution in [3.05, 3.63) is 77.4 Å². The molecule has 6 heteroatoms. The summed E-state index contributed by atoms with van der Waals surface area (Å²) in [5.41, 5.74) is 7.95. The molecule has 0 saturated carbocycles. The van der Waals surface area contributed by atoms with Gasteiger partial charge in [0.05, 0.1) is 12.5 Å². The minimum absolute atomic E-state index is 0.0168. The van der Waals surface area contributed by atoms with Crippen LogP contribution >= 0.6 is 0 Å². The summed E-state index contributed by atoms with van der Waals surface area (Å²) in [4.78, 5) is 12.0. The predicted molar refractivity (Wildman–Crippen MR) is 127 cm³/mol. The maximum atomic E-state index is 12.0. The van der Waals surface area contributed by atoms with Gasteiger partial charge in [0.2, 0.25) is 0 Å². The topological polar surface area (TPSA) is 108 Å². The van der Waals surface area contributed by atoms with Gasteiger partial charge in [-0.1, -0.05) is 42.5 Å². The molecule has 0 radical (unpaired) electrons. The lowest BCUT2D eigenvalue weighted by Crippen LogP contribution is -2.30. The van der Waals surface area contributed by atoms with E-state index in [0.29, 0.717) is 24.5 Å². The van der Waals surface area contributed by atoms with Gasteiger partial charge in [-0.3, -0.25) is 10.2 Å². The number of rotatable bonds is 8. The molecule has 1 aliphatic heterocycles. The molecule has 166 valence electrons. The molecule has 0 bridgehead atoms. The van der Waals surface area contributed by atoms with Crippen LogP contribution < -0.4 is 15.8 Å². The van der Waals surface area contributed by atoms with Gasteiger partial charge < -0.3 is 20.9 Å². The average Bonchev–Trinajstić information content (AvgIpc) is 2.81. The number of carboxylic acids is 1. The molecule has 0 amide bonds. The van der Waals surface area contributed by atoms with E-state index < -0.39 is 11.9 Å². The Hall–Kier alpha value is -3.38. The van der Waals surface area contributed by atoms with Crippen molar-refractivity contribution in [2.75, 3.05) is 19.7 Å². The largest absolute Gasteiger partial charge is 0.493 e. The van der Waals surface area contributed by atoms with Crippen LogP contribution in [-0.2, 0) is 11.2 Å². The number of aliphatic carboxylic acids is 1. The molecule has 5 N–H and O–H groups in total. The third-order valence-corrected chi connectivity index (χ3v) is 6.18. The maximum Gasteiger partial charge on any atom is 0.311 e. The Labute approximate surface area is 187 Å². The van der Waals surface area contributed by atoms with E-state index in [1.165, 1.54) is 0 Å². The van der Waals surface area contributed by atoms with Gasteiger partial charge in [0, 0.05) is 5.56 Å². The molecule has 32 heavy (non-hydrogen) atoms. The Balaban J connectivity index is 1.47. The highest BCUT2D eigenvalue weighted by Crippen LogP contribution is 2.26. The molecule has 3 aromatic carbocycles. The fraction of sp³-hybridized carbons (Fsp3) is 0.308. The van der Waals surface area contributed by atoms with Crippen molar-refractivity contribution in [1.82, 2.24) is 5.32 Å². The average molecular weight is 432 g/mol. The number of carboxylic acid groups (broad SMARTS) is 1. The zero-order valence-corrected chi connectivity index (χ0v) is 18.0. The van der Waals surface area contributed by atoms with Crippen molar-refractivity contribution in [3.8, 4) is 5.75 Å². The van der Waals surface area contributed by atoms with Crippen molar-refractivity contribution in [2.45, 2.75) is 25.2 Å². The highest BCUT2D eigenvalue weighted by atomic mass is 16.5. The van der Waals surface area contributed by atoms with Crippen LogP contribution in [0.4, 0.5) is 0 Å². The summed E-state index contributed by atoms with van der Waals surface area (Å²) in [6, 6.07) is 19.0. The lowest BCUT2D eigenvalue weighted by molar-refractivity contribution is -0.138. The molecule has 0 aromatic heterocycles. The fourth-order valence-corrected chi connectivity index (χ4v) is 4.23. The van der Waals surface area contributed by atoms with Gasteiger partial charge in [-0.05, 0) is 78.4 Å². The molecule has 3 aromatic rings. The first-order chi connectivity index (χ1) is 15.5. The zero-order valence-electron chi connectivity index (χ0n) is 18.0. The van der Waals surface area contributed by atoms with E-state index in [9.17, 15) is 9.90 Å². The van der Waals surface area contributed by atoms with E-state index in [-0.39, 0.29) is 5.84 Å². The maximum absolute atomic E-state index is 12.0. The number of benzene rings is 3. The summed E-state index contributed by atoms with van der Waals surface area (Å²) in [6.07, 6.45) is 2.63. The van der Waals surface area contributed by atoms with Crippen LogP contribution in [0.15, 0.2) is 60.7 Å². The molecule has 1 heterocycles. The SMILES string of the molecule is N=C(N)c1ccc2ccc(CC(C(=O)O)c3ccc(OCC4CCNCC4)cc3)cc2c1. The van der Waals surface area contributed by atoms with Gasteiger partial charge in [0.1, 0.15) is 11.6 Å². The molecule has 4 rings (SSSR count). The minimum Gasteiger partial charge on any atom is -0.493 e. The van der Waals surface area contributed by atoms with Crippen molar-refractivity contribution in [2.24, 2.45) is 11.7 Å². The molecule has 0 aliphatic carbocycles. The number of hydrogen-bond acceptors (Lipinski definition) is 4. The smallest absolute Gasteiger partial charge is 0.311 e. The number of ether oxygens (including phenoxy) is 1. The van der Waals surface area contributed by atoms with E-state index in [2.05, 4.69) is 5.32 Å². The number of nitrogens with two attached hydrogens (primary N) is 1. The van der Waals surface area contributed by atoms with Crippen LogP contribution in [0.25, 0.3) is 10.8 Å². The fourth-order valence-electron chi connectivity index (χ4n) is 4.23. The van der Waals surface area contributed by atoms with Crippen molar-refractivity contribution in [1.29, 1.82) is 5.41 Å². The quantitative estimate of drug-likeness (QED) is 0.319. The number of nitrogen functional groups attached to an aromatic ring is 1. The second-order valence-corrected chi connectivity index (χ2v) is 8.48. The lowest BCUT2D eigenvalue weighted by Gasteiger charge is -2.22. The van der Waals surface area contributed by atoms with E-state index in [0.717, 1.165) is 53.6 Å². The molecule has 6 nitrogen and oxygen atoms in total. The lowest BCUT2D eigenvalue weighted by atomic mass is 9.91. The van der Waals surface area contributed by atoms with E-state index in [1.807, 2.05) is 60.7 Å². The Bertz CT molecular complexity index is 1110. The number of piperidine rings is 1. The first-order valence-electron chi connectivity index (χ1n) is 11.0. The molecular weight excluding hydrogens is 402 g/mol. The monoisotopic (exact) mass is 431 g/mol.